The van der Waals surface area contributed by atoms with Crippen molar-refractivity contribution in [2.45, 2.75) is 26.3 Å². The van der Waals surface area contributed by atoms with E-state index in [1.807, 2.05) is 6.92 Å². The lowest BCUT2D eigenvalue weighted by Gasteiger charge is -1.99. The van der Waals surface area contributed by atoms with Gasteiger partial charge in [0.25, 0.3) is 0 Å². The highest BCUT2D eigenvalue weighted by atomic mass is 14.6. The molecular formula is C5H12N2. The highest BCUT2D eigenvalue weighted by molar-refractivity contribution is 5.78. The van der Waals surface area contributed by atoms with Gasteiger partial charge in [-0.15, -0.1) is 0 Å². The van der Waals surface area contributed by atoms with Crippen LogP contribution >= 0.6 is 0 Å². The number of rotatable bonds is 2. The molecule has 7 heavy (non-hydrogen) atoms. The first-order valence-electron chi connectivity index (χ1n) is 2.42. The molecule has 0 aromatic rings. The third-order valence-corrected chi connectivity index (χ3v) is 0.628. The smallest absolute Gasteiger partial charge is 0.00735 e. The summed E-state index contributed by atoms with van der Waals surface area (Å²) in [5, 5.41) is 6.94. The van der Waals surface area contributed by atoms with Gasteiger partial charge < -0.3 is 11.1 Å². The Labute approximate surface area is 44.2 Å². The Morgan fingerprint density at radius 2 is 2.29 bits per heavy atom. The van der Waals surface area contributed by atoms with Crippen molar-refractivity contribution in [3.8, 4) is 0 Å². The fraction of sp³-hybridized carbons (Fsp3) is 0.800. The summed E-state index contributed by atoms with van der Waals surface area (Å²) in [6.07, 6.45) is 0.722. The molecule has 0 rings (SSSR count). The van der Waals surface area contributed by atoms with Crippen LogP contribution in [-0.2, 0) is 0 Å². The number of hydrogen-bond donors (Lipinski definition) is 2. The minimum Gasteiger partial charge on any atom is -0.328 e. The van der Waals surface area contributed by atoms with Crippen LogP contribution in [0.25, 0.3) is 0 Å². The molecule has 0 heterocycles. The van der Waals surface area contributed by atoms with Crippen molar-refractivity contribution in [3.63, 3.8) is 0 Å². The van der Waals surface area contributed by atoms with Crippen molar-refractivity contribution in [3.05, 3.63) is 0 Å². The van der Waals surface area contributed by atoms with Gasteiger partial charge in [0, 0.05) is 11.8 Å². The minimum absolute atomic E-state index is 0.150. The molecule has 2 heteroatoms. The molecule has 0 saturated carbocycles. The second kappa shape index (κ2) is 2.75. The van der Waals surface area contributed by atoms with E-state index in [9.17, 15) is 0 Å². The molecule has 42 valence electrons. The van der Waals surface area contributed by atoms with Crippen LogP contribution in [0.5, 0.6) is 0 Å². The predicted molar refractivity (Wildman–Crippen MR) is 31.7 cm³/mol. The Balaban J connectivity index is 3.13. The molecule has 0 fully saturated rings. The fourth-order valence-corrected chi connectivity index (χ4v) is 0.483. The summed E-state index contributed by atoms with van der Waals surface area (Å²) in [4.78, 5) is 0. The topological polar surface area (TPSA) is 49.9 Å². The number of nitrogens with one attached hydrogen (secondary N) is 1. The molecule has 0 amide bonds. The van der Waals surface area contributed by atoms with Gasteiger partial charge >= 0.3 is 0 Å². The molecule has 0 spiro atoms. The third kappa shape index (κ3) is 5.63. The van der Waals surface area contributed by atoms with Gasteiger partial charge in [0.2, 0.25) is 0 Å². The van der Waals surface area contributed by atoms with Crippen molar-refractivity contribution >= 4 is 5.71 Å². The van der Waals surface area contributed by atoms with E-state index in [4.69, 9.17) is 11.1 Å². The van der Waals surface area contributed by atoms with Crippen LogP contribution < -0.4 is 5.73 Å². The molecule has 0 aliphatic heterocycles. The second-order valence-corrected chi connectivity index (χ2v) is 1.96. The number of nitrogens with two attached hydrogens (primary N) is 1. The maximum atomic E-state index is 6.94. The van der Waals surface area contributed by atoms with Crippen molar-refractivity contribution in [2.24, 2.45) is 5.73 Å². The maximum absolute atomic E-state index is 6.94. The summed E-state index contributed by atoms with van der Waals surface area (Å²) in [6, 6.07) is 0.150. The minimum atomic E-state index is 0.150. The van der Waals surface area contributed by atoms with Crippen molar-refractivity contribution < 1.29 is 0 Å². The Hall–Kier alpha value is -0.370. The van der Waals surface area contributed by atoms with Gasteiger partial charge in [0.1, 0.15) is 0 Å². The zero-order valence-electron chi connectivity index (χ0n) is 4.86. The zero-order valence-corrected chi connectivity index (χ0v) is 4.86. The van der Waals surface area contributed by atoms with Gasteiger partial charge in [-0.25, -0.2) is 0 Å². The van der Waals surface area contributed by atoms with Gasteiger partial charge in [-0.3, -0.25) is 0 Å². The van der Waals surface area contributed by atoms with E-state index in [0.717, 1.165) is 6.42 Å². The lowest BCUT2D eigenvalue weighted by molar-refractivity contribution is 0.774. The van der Waals surface area contributed by atoms with Gasteiger partial charge in [0.05, 0.1) is 0 Å². The monoisotopic (exact) mass is 100 g/mol. The summed E-state index contributed by atoms with van der Waals surface area (Å²) in [7, 11) is 0. The highest BCUT2D eigenvalue weighted by Crippen LogP contribution is 1.85. The third-order valence-electron chi connectivity index (χ3n) is 0.628. The van der Waals surface area contributed by atoms with Gasteiger partial charge in [-0.05, 0) is 20.3 Å². The Bertz CT molecular complexity index is 66.5. The maximum Gasteiger partial charge on any atom is 0.00735 e. The molecule has 0 aromatic heterocycles. The Kier molecular flexibility index (Phi) is 2.60. The van der Waals surface area contributed by atoms with E-state index in [0.29, 0.717) is 5.71 Å². The van der Waals surface area contributed by atoms with Crippen LogP contribution in [0.3, 0.4) is 0 Å². The van der Waals surface area contributed by atoms with E-state index in [2.05, 4.69) is 0 Å². The standard InChI is InChI=1S/C5H12N2/c1-4(6)3-5(2)7/h4,7H,3,6H2,1-2H3. The van der Waals surface area contributed by atoms with Crippen molar-refractivity contribution in [1.82, 2.24) is 0 Å². The van der Waals surface area contributed by atoms with Crippen LogP contribution in [0, 0.1) is 5.41 Å². The molecule has 1 unspecified atom stereocenters. The zero-order chi connectivity index (χ0) is 5.86. The second-order valence-electron chi connectivity index (χ2n) is 1.96. The van der Waals surface area contributed by atoms with Gasteiger partial charge in [-0.2, -0.15) is 0 Å². The largest absolute Gasteiger partial charge is 0.328 e. The molecule has 0 aliphatic rings. The normalized spacial score (nSPS) is 13.6. The van der Waals surface area contributed by atoms with Crippen LogP contribution in [0.2, 0.25) is 0 Å². The average molecular weight is 100 g/mol. The summed E-state index contributed by atoms with van der Waals surface area (Å²) in [5.74, 6) is 0. The van der Waals surface area contributed by atoms with E-state index in [1.165, 1.54) is 0 Å². The van der Waals surface area contributed by atoms with Crippen molar-refractivity contribution in [2.75, 3.05) is 0 Å². The highest BCUT2D eigenvalue weighted by Gasteiger charge is 1.91. The van der Waals surface area contributed by atoms with E-state index in [1.54, 1.807) is 6.92 Å². The molecular weight excluding hydrogens is 88.1 g/mol. The SMILES string of the molecule is CC(=N)CC(C)N. The summed E-state index contributed by atoms with van der Waals surface area (Å²) in [6.45, 7) is 3.67. The first-order chi connectivity index (χ1) is 3.13. The molecule has 3 N–H and O–H groups in total. The molecule has 1 atom stereocenters. The van der Waals surface area contributed by atoms with Gasteiger partial charge in [0.15, 0.2) is 0 Å². The fourth-order valence-electron chi connectivity index (χ4n) is 0.483. The molecule has 0 saturated heterocycles. The van der Waals surface area contributed by atoms with Crippen LogP contribution in [0.1, 0.15) is 20.3 Å². The molecule has 0 aliphatic carbocycles. The number of hydrogen-bond acceptors (Lipinski definition) is 2. The Morgan fingerprint density at radius 3 is 2.29 bits per heavy atom. The van der Waals surface area contributed by atoms with Gasteiger partial charge in [-0.1, -0.05) is 0 Å². The Morgan fingerprint density at radius 1 is 1.86 bits per heavy atom. The lowest BCUT2D eigenvalue weighted by Crippen LogP contribution is -2.17. The van der Waals surface area contributed by atoms with Crippen LogP contribution in [-0.4, -0.2) is 11.8 Å². The van der Waals surface area contributed by atoms with Crippen LogP contribution in [0.4, 0.5) is 0 Å². The summed E-state index contributed by atoms with van der Waals surface area (Å²) >= 11 is 0. The van der Waals surface area contributed by atoms with Crippen LogP contribution in [0.15, 0.2) is 0 Å². The quantitative estimate of drug-likeness (QED) is 0.494. The first-order valence-corrected chi connectivity index (χ1v) is 2.42. The molecule has 2 nitrogen and oxygen atoms in total. The average Bonchev–Trinajstić information content (AvgIpc) is 1.27. The molecule has 0 aromatic carbocycles. The lowest BCUT2D eigenvalue weighted by atomic mass is 10.2. The van der Waals surface area contributed by atoms with E-state index in [-0.39, 0.29) is 6.04 Å². The summed E-state index contributed by atoms with van der Waals surface area (Å²) < 4.78 is 0. The predicted octanol–water partition coefficient (Wildman–Crippen LogP) is 0.763. The first kappa shape index (κ1) is 6.63. The van der Waals surface area contributed by atoms with Crippen molar-refractivity contribution in [1.29, 1.82) is 5.41 Å². The molecule has 0 radical (unpaired) electrons. The van der Waals surface area contributed by atoms with E-state index < -0.39 is 0 Å². The summed E-state index contributed by atoms with van der Waals surface area (Å²) in [5.41, 5.74) is 6.01. The molecule has 0 bridgehead atoms. The van der Waals surface area contributed by atoms with E-state index >= 15 is 0 Å².